The first-order chi connectivity index (χ1) is 9.35. The van der Waals surface area contributed by atoms with E-state index in [1.54, 1.807) is 6.92 Å². The highest BCUT2D eigenvalue weighted by Crippen LogP contribution is 2.27. The van der Waals surface area contributed by atoms with Gasteiger partial charge in [0.15, 0.2) is 0 Å². The molecule has 0 spiro atoms. The van der Waals surface area contributed by atoms with Crippen LogP contribution in [-0.4, -0.2) is 66.2 Å². The number of piperazine rings is 1. The molecule has 2 saturated heterocycles. The summed E-state index contributed by atoms with van der Waals surface area (Å²) in [6, 6.07) is 1.51. The van der Waals surface area contributed by atoms with Gasteiger partial charge in [-0.05, 0) is 46.6 Å². The molecule has 2 aliphatic rings. The van der Waals surface area contributed by atoms with Gasteiger partial charge in [-0.15, -0.1) is 0 Å². The highest BCUT2D eigenvalue weighted by molar-refractivity contribution is 5.79. The standard InChI is InChI=1S/C15H29N3O2/c1-11(8-15(3,16)14(19)20-4)18-10-13-6-5-7-17(13)9-12(18)2/h11-13H,5-10,16H2,1-4H3. The third kappa shape index (κ3) is 3.15. The Labute approximate surface area is 122 Å². The van der Waals surface area contributed by atoms with Gasteiger partial charge in [-0.1, -0.05) is 0 Å². The number of carbonyl (C=O) groups excluding carboxylic acids is 1. The van der Waals surface area contributed by atoms with Crippen LogP contribution in [0.2, 0.25) is 0 Å². The Bertz CT molecular complexity index is 359. The van der Waals surface area contributed by atoms with Crippen LogP contribution in [0.5, 0.6) is 0 Å². The molecular weight excluding hydrogens is 254 g/mol. The summed E-state index contributed by atoms with van der Waals surface area (Å²) in [4.78, 5) is 16.9. The Morgan fingerprint density at radius 3 is 2.85 bits per heavy atom. The van der Waals surface area contributed by atoms with Crippen molar-refractivity contribution in [1.29, 1.82) is 0 Å². The zero-order valence-electron chi connectivity index (χ0n) is 13.3. The van der Waals surface area contributed by atoms with Crippen molar-refractivity contribution < 1.29 is 9.53 Å². The van der Waals surface area contributed by atoms with Crippen LogP contribution in [0, 0.1) is 0 Å². The molecule has 5 heteroatoms. The van der Waals surface area contributed by atoms with Crippen LogP contribution in [0.1, 0.15) is 40.0 Å². The maximum absolute atomic E-state index is 11.7. The van der Waals surface area contributed by atoms with Gasteiger partial charge in [-0.2, -0.15) is 0 Å². The first-order valence-electron chi connectivity index (χ1n) is 7.72. The molecule has 2 N–H and O–H groups in total. The summed E-state index contributed by atoms with van der Waals surface area (Å²) in [7, 11) is 1.40. The Balaban J connectivity index is 1.98. The Morgan fingerprint density at radius 2 is 2.20 bits per heavy atom. The smallest absolute Gasteiger partial charge is 0.325 e. The monoisotopic (exact) mass is 283 g/mol. The lowest BCUT2D eigenvalue weighted by atomic mass is 9.92. The van der Waals surface area contributed by atoms with E-state index in [1.807, 2.05) is 0 Å². The third-order valence-electron chi connectivity index (χ3n) is 4.92. The summed E-state index contributed by atoms with van der Waals surface area (Å²) in [5, 5.41) is 0. The molecule has 2 fully saturated rings. The average Bonchev–Trinajstić information content (AvgIpc) is 2.82. The number of ether oxygens (including phenoxy) is 1. The lowest BCUT2D eigenvalue weighted by Gasteiger charge is -2.46. The van der Waals surface area contributed by atoms with E-state index < -0.39 is 5.54 Å². The Kier molecular flexibility index (Phi) is 4.72. The molecule has 0 bridgehead atoms. The highest BCUT2D eigenvalue weighted by atomic mass is 16.5. The molecule has 0 aromatic heterocycles. The van der Waals surface area contributed by atoms with Crippen LogP contribution in [0.25, 0.3) is 0 Å². The lowest BCUT2D eigenvalue weighted by molar-refractivity contribution is -0.147. The van der Waals surface area contributed by atoms with Crippen LogP contribution in [0.3, 0.4) is 0 Å². The molecule has 2 heterocycles. The number of fused-ring (bicyclic) bond motifs is 1. The molecular formula is C15H29N3O2. The fourth-order valence-electron chi connectivity index (χ4n) is 3.87. The third-order valence-corrected chi connectivity index (χ3v) is 4.92. The van der Waals surface area contributed by atoms with Crippen LogP contribution in [-0.2, 0) is 9.53 Å². The lowest BCUT2D eigenvalue weighted by Crippen LogP contribution is -2.59. The molecule has 0 amide bonds. The minimum absolute atomic E-state index is 0.293. The maximum atomic E-state index is 11.7. The van der Waals surface area contributed by atoms with Gasteiger partial charge in [0.05, 0.1) is 7.11 Å². The van der Waals surface area contributed by atoms with Crippen LogP contribution < -0.4 is 5.73 Å². The van der Waals surface area contributed by atoms with E-state index >= 15 is 0 Å². The number of hydrogen-bond acceptors (Lipinski definition) is 5. The van der Waals surface area contributed by atoms with Crippen molar-refractivity contribution in [2.75, 3.05) is 26.7 Å². The average molecular weight is 283 g/mol. The van der Waals surface area contributed by atoms with Crippen molar-refractivity contribution >= 4 is 5.97 Å². The van der Waals surface area contributed by atoms with Gasteiger partial charge in [0.25, 0.3) is 0 Å². The SMILES string of the molecule is COC(=O)C(C)(N)CC(C)N1CC2CCCN2CC1C. The number of nitrogens with two attached hydrogens (primary N) is 1. The fourth-order valence-corrected chi connectivity index (χ4v) is 3.87. The molecule has 2 rings (SSSR count). The van der Waals surface area contributed by atoms with Crippen LogP contribution >= 0.6 is 0 Å². The van der Waals surface area contributed by atoms with E-state index in [1.165, 1.54) is 26.5 Å². The zero-order chi connectivity index (χ0) is 14.9. The van der Waals surface area contributed by atoms with E-state index in [-0.39, 0.29) is 5.97 Å². The van der Waals surface area contributed by atoms with Crippen molar-refractivity contribution in [3.05, 3.63) is 0 Å². The summed E-state index contributed by atoms with van der Waals surface area (Å²) >= 11 is 0. The number of esters is 1. The van der Waals surface area contributed by atoms with Crippen molar-refractivity contribution in [2.45, 2.75) is 63.7 Å². The molecule has 2 aliphatic heterocycles. The van der Waals surface area contributed by atoms with E-state index in [2.05, 4.69) is 23.6 Å². The molecule has 0 aromatic carbocycles. The van der Waals surface area contributed by atoms with Gasteiger partial charge in [0, 0.05) is 31.2 Å². The van der Waals surface area contributed by atoms with Gasteiger partial charge >= 0.3 is 5.97 Å². The number of hydrogen-bond donors (Lipinski definition) is 1. The molecule has 116 valence electrons. The fraction of sp³-hybridized carbons (Fsp3) is 0.933. The first kappa shape index (κ1) is 15.7. The van der Waals surface area contributed by atoms with E-state index in [0.29, 0.717) is 24.5 Å². The molecule has 5 nitrogen and oxygen atoms in total. The number of methoxy groups -OCH3 is 1. The number of rotatable bonds is 4. The second kappa shape index (κ2) is 6.00. The summed E-state index contributed by atoms with van der Waals surface area (Å²) in [5.41, 5.74) is 5.22. The van der Waals surface area contributed by atoms with Crippen molar-refractivity contribution in [2.24, 2.45) is 5.73 Å². The largest absolute Gasteiger partial charge is 0.468 e. The molecule has 0 aliphatic carbocycles. The summed E-state index contributed by atoms with van der Waals surface area (Å²) < 4.78 is 4.81. The summed E-state index contributed by atoms with van der Waals surface area (Å²) in [5.74, 6) is -0.323. The topological polar surface area (TPSA) is 58.8 Å². The predicted octanol–water partition coefficient (Wildman–Crippen LogP) is 0.824. The van der Waals surface area contributed by atoms with E-state index in [4.69, 9.17) is 10.5 Å². The zero-order valence-corrected chi connectivity index (χ0v) is 13.3. The molecule has 4 atom stereocenters. The van der Waals surface area contributed by atoms with Gasteiger partial charge in [-0.3, -0.25) is 14.6 Å². The molecule has 20 heavy (non-hydrogen) atoms. The Morgan fingerprint density at radius 1 is 1.50 bits per heavy atom. The number of nitrogens with zero attached hydrogens (tertiary/aromatic N) is 2. The second-order valence-corrected chi connectivity index (χ2v) is 6.80. The highest BCUT2D eigenvalue weighted by Gasteiger charge is 2.39. The first-order valence-corrected chi connectivity index (χ1v) is 7.72. The van der Waals surface area contributed by atoms with Crippen LogP contribution in [0.4, 0.5) is 0 Å². The maximum Gasteiger partial charge on any atom is 0.325 e. The minimum atomic E-state index is -0.902. The molecule has 0 saturated carbocycles. The predicted molar refractivity (Wildman–Crippen MR) is 79.5 cm³/mol. The molecule has 0 radical (unpaired) electrons. The van der Waals surface area contributed by atoms with Crippen molar-refractivity contribution in [3.8, 4) is 0 Å². The summed E-state index contributed by atoms with van der Waals surface area (Å²) in [6.45, 7) is 9.69. The van der Waals surface area contributed by atoms with E-state index in [9.17, 15) is 4.79 Å². The Hall–Kier alpha value is -0.650. The molecule has 4 unspecified atom stereocenters. The summed E-state index contributed by atoms with van der Waals surface area (Å²) in [6.07, 6.45) is 3.25. The number of carbonyl (C=O) groups is 1. The van der Waals surface area contributed by atoms with E-state index in [0.717, 1.165) is 13.1 Å². The van der Waals surface area contributed by atoms with Gasteiger partial charge in [0.1, 0.15) is 5.54 Å². The van der Waals surface area contributed by atoms with Gasteiger partial charge in [0.2, 0.25) is 0 Å². The van der Waals surface area contributed by atoms with Crippen molar-refractivity contribution in [3.63, 3.8) is 0 Å². The second-order valence-electron chi connectivity index (χ2n) is 6.80. The minimum Gasteiger partial charge on any atom is -0.468 e. The normalized spacial score (nSPS) is 32.5. The van der Waals surface area contributed by atoms with Gasteiger partial charge in [-0.25, -0.2) is 0 Å². The van der Waals surface area contributed by atoms with Crippen molar-refractivity contribution in [1.82, 2.24) is 9.80 Å². The quantitative estimate of drug-likeness (QED) is 0.774. The van der Waals surface area contributed by atoms with Gasteiger partial charge < -0.3 is 10.5 Å². The molecule has 0 aromatic rings. The van der Waals surface area contributed by atoms with Crippen LogP contribution in [0.15, 0.2) is 0 Å².